The van der Waals surface area contributed by atoms with E-state index in [1.165, 1.54) is 26.2 Å². The molecular formula is C12H14F3NO2. The number of alkyl halides is 3. The lowest BCUT2D eigenvalue weighted by molar-refractivity contribution is -0.142. The Morgan fingerprint density at radius 1 is 1.33 bits per heavy atom. The van der Waals surface area contributed by atoms with Crippen LogP contribution in [0.1, 0.15) is 24.5 Å². The number of benzene rings is 1. The SMILES string of the molecule is COC(=O)CC(C)(N)c1cccc(C(F)(F)F)c1. The molecule has 0 bridgehead atoms. The van der Waals surface area contributed by atoms with Gasteiger partial charge in [-0.3, -0.25) is 4.79 Å². The molecule has 1 atom stereocenters. The Morgan fingerprint density at radius 2 is 1.89 bits per heavy atom. The van der Waals surface area contributed by atoms with E-state index in [1.807, 2.05) is 0 Å². The van der Waals surface area contributed by atoms with Gasteiger partial charge in [0.05, 0.1) is 19.1 Å². The number of hydrogen-bond acceptors (Lipinski definition) is 3. The Bertz CT molecular complexity index is 441. The molecule has 0 spiro atoms. The van der Waals surface area contributed by atoms with Crippen molar-refractivity contribution in [3.8, 4) is 0 Å². The molecule has 0 heterocycles. The average molecular weight is 261 g/mol. The van der Waals surface area contributed by atoms with Gasteiger partial charge in [-0.2, -0.15) is 13.2 Å². The Morgan fingerprint density at radius 3 is 2.39 bits per heavy atom. The molecule has 0 amide bonds. The first kappa shape index (κ1) is 14.5. The number of carbonyl (C=O) groups excluding carboxylic acids is 1. The van der Waals surface area contributed by atoms with Crippen LogP contribution in [0.15, 0.2) is 24.3 Å². The molecule has 0 aliphatic heterocycles. The quantitative estimate of drug-likeness (QED) is 0.850. The molecule has 18 heavy (non-hydrogen) atoms. The molecule has 0 fully saturated rings. The third-order valence-corrected chi connectivity index (χ3v) is 2.59. The van der Waals surface area contributed by atoms with E-state index in [1.54, 1.807) is 0 Å². The van der Waals surface area contributed by atoms with E-state index in [0.717, 1.165) is 12.1 Å². The predicted octanol–water partition coefficient (Wildman–Crippen LogP) is 2.44. The smallest absolute Gasteiger partial charge is 0.416 e. The topological polar surface area (TPSA) is 52.3 Å². The van der Waals surface area contributed by atoms with Crippen molar-refractivity contribution < 1.29 is 22.7 Å². The number of methoxy groups -OCH3 is 1. The molecule has 0 radical (unpaired) electrons. The lowest BCUT2D eigenvalue weighted by Gasteiger charge is -2.24. The zero-order valence-electron chi connectivity index (χ0n) is 10.0. The fourth-order valence-corrected chi connectivity index (χ4v) is 1.52. The first-order valence-corrected chi connectivity index (χ1v) is 5.20. The largest absolute Gasteiger partial charge is 0.469 e. The van der Waals surface area contributed by atoms with Crippen LogP contribution in [0.2, 0.25) is 0 Å². The van der Waals surface area contributed by atoms with Crippen molar-refractivity contribution in [3.05, 3.63) is 35.4 Å². The van der Waals surface area contributed by atoms with Gasteiger partial charge in [0, 0.05) is 5.54 Å². The zero-order valence-corrected chi connectivity index (χ0v) is 10.0. The molecule has 3 nitrogen and oxygen atoms in total. The van der Waals surface area contributed by atoms with Gasteiger partial charge in [0.2, 0.25) is 0 Å². The molecule has 0 saturated heterocycles. The minimum absolute atomic E-state index is 0.190. The first-order chi connectivity index (χ1) is 8.16. The molecule has 2 N–H and O–H groups in total. The second-order valence-electron chi connectivity index (χ2n) is 4.25. The summed E-state index contributed by atoms with van der Waals surface area (Å²) in [4.78, 5) is 11.2. The van der Waals surface area contributed by atoms with Crippen LogP contribution in [0, 0.1) is 0 Å². The second kappa shape index (κ2) is 4.97. The van der Waals surface area contributed by atoms with Gasteiger partial charge in [0.1, 0.15) is 0 Å². The first-order valence-electron chi connectivity index (χ1n) is 5.20. The lowest BCUT2D eigenvalue weighted by Crippen LogP contribution is -2.36. The Kier molecular flexibility index (Phi) is 4.01. The molecule has 0 aromatic heterocycles. The monoisotopic (exact) mass is 261 g/mol. The van der Waals surface area contributed by atoms with Crippen LogP contribution in [0.25, 0.3) is 0 Å². The summed E-state index contributed by atoms with van der Waals surface area (Å²) in [6.07, 6.45) is -4.62. The Hall–Kier alpha value is -1.56. The molecule has 1 rings (SSSR count). The highest BCUT2D eigenvalue weighted by Crippen LogP contribution is 2.32. The van der Waals surface area contributed by atoms with Crippen molar-refractivity contribution >= 4 is 5.97 Å². The van der Waals surface area contributed by atoms with Gasteiger partial charge in [-0.05, 0) is 24.6 Å². The number of ether oxygens (including phenoxy) is 1. The summed E-state index contributed by atoms with van der Waals surface area (Å²) < 4.78 is 42.1. The molecule has 0 aliphatic carbocycles. The summed E-state index contributed by atoms with van der Waals surface area (Å²) in [7, 11) is 1.20. The van der Waals surface area contributed by atoms with Gasteiger partial charge in [-0.15, -0.1) is 0 Å². The summed E-state index contributed by atoms with van der Waals surface area (Å²) in [5.41, 5.74) is 4.11. The van der Waals surface area contributed by atoms with Crippen LogP contribution in [0.5, 0.6) is 0 Å². The van der Waals surface area contributed by atoms with Gasteiger partial charge in [0.15, 0.2) is 0 Å². The fourth-order valence-electron chi connectivity index (χ4n) is 1.52. The fraction of sp³-hybridized carbons (Fsp3) is 0.417. The number of carbonyl (C=O) groups is 1. The summed E-state index contributed by atoms with van der Waals surface area (Å²) in [5.74, 6) is -0.572. The Labute approximate surface area is 103 Å². The number of hydrogen-bond donors (Lipinski definition) is 1. The third kappa shape index (κ3) is 3.46. The van der Waals surface area contributed by atoms with Crippen molar-refractivity contribution in [2.24, 2.45) is 5.73 Å². The van der Waals surface area contributed by atoms with Crippen molar-refractivity contribution in [2.75, 3.05) is 7.11 Å². The predicted molar refractivity (Wildman–Crippen MR) is 59.6 cm³/mol. The minimum atomic E-state index is -4.43. The molecule has 1 aromatic carbocycles. The van der Waals surface area contributed by atoms with Gasteiger partial charge in [0.25, 0.3) is 0 Å². The van der Waals surface area contributed by atoms with E-state index < -0.39 is 23.2 Å². The maximum Gasteiger partial charge on any atom is 0.416 e. The van der Waals surface area contributed by atoms with E-state index in [0.29, 0.717) is 0 Å². The molecule has 0 aliphatic rings. The molecule has 0 saturated carbocycles. The third-order valence-electron chi connectivity index (χ3n) is 2.59. The van der Waals surface area contributed by atoms with Crippen molar-refractivity contribution in [2.45, 2.75) is 25.1 Å². The van der Waals surface area contributed by atoms with Crippen LogP contribution < -0.4 is 5.73 Å². The molecule has 1 unspecified atom stereocenters. The molecule has 100 valence electrons. The zero-order chi connectivity index (χ0) is 14.0. The normalized spacial score (nSPS) is 15.0. The second-order valence-corrected chi connectivity index (χ2v) is 4.25. The highest BCUT2D eigenvalue weighted by Gasteiger charge is 2.33. The van der Waals surface area contributed by atoms with Crippen LogP contribution >= 0.6 is 0 Å². The van der Waals surface area contributed by atoms with E-state index in [4.69, 9.17) is 5.73 Å². The van der Waals surface area contributed by atoms with Crippen LogP contribution in [-0.2, 0) is 21.2 Å². The van der Waals surface area contributed by atoms with Gasteiger partial charge in [-0.1, -0.05) is 12.1 Å². The van der Waals surface area contributed by atoms with Crippen molar-refractivity contribution in [1.82, 2.24) is 0 Å². The van der Waals surface area contributed by atoms with E-state index in [-0.39, 0.29) is 12.0 Å². The standard InChI is InChI=1S/C12H14F3NO2/c1-11(16,7-10(17)18-2)8-4-3-5-9(6-8)12(13,14)15/h3-6H,7,16H2,1-2H3. The van der Waals surface area contributed by atoms with Gasteiger partial charge in [-0.25, -0.2) is 0 Å². The highest BCUT2D eigenvalue weighted by molar-refractivity contribution is 5.71. The van der Waals surface area contributed by atoms with E-state index >= 15 is 0 Å². The van der Waals surface area contributed by atoms with E-state index in [9.17, 15) is 18.0 Å². The number of nitrogens with two attached hydrogens (primary N) is 1. The van der Waals surface area contributed by atoms with Gasteiger partial charge >= 0.3 is 12.1 Å². The summed E-state index contributed by atoms with van der Waals surface area (Å²) >= 11 is 0. The van der Waals surface area contributed by atoms with E-state index in [2.05, 4.69) is 4.74 Å². The Balaban J connectivity index is 3.06. The van der Waals surface area contributed by atoms with Crippen LogP contribution in [-0.4, -0.2) is 13.1 Å². The van der Waals surface area contributed by atoms with Crippen molar-refractivity contribution in [3.63, 3.8) is 0 Å². The van der Waals surface area contributed by atoms with Crippen LogP contribution in [0.3, 0.4) is 0 Å². The van der Waals surface area contributed by atoms with Crippen molar-refractivity contribution in [1.29, 1.82) is 0 Å². The molecule has 1 aromatic rings. The van der Waals surface area contributed by atoms with Crippen LogP contribution in [0.4, 0.5) is 13.2 Å². The maximum absolute atomic E-state index is 12.6. The maximum atomic E-state index is 12.6. The average Bonchev–Trinajstić information content (AvgIpc) is 2.27. The lowest BCUT2D eigenvalue weighted by atomic mass is 9.89. The molecular weight excluding hydrogens is 247 g/mol. The number of rotatable bonds is 3. The number of halogens is 3. The summed E-state index contributed by atoms with van der Waals surface area (Å²) in [5, 5.41) is 0. The number of esters is 1. The molecule has 6 heteroatoms. The van der Waals surface area contributed by atoms with Gasteiger partial charge < -0.3 is 10.5 Å². The summed E-state index contributed by atoms with van der Waals surface area (Å²) in [6.45, 7) is 1.49. The highest BCUT2D eigenvalue weighted by atomic mass is 19.4. The minimum Gasteiger partial charge on any atom is -0.469 e. The summed E-state index contributed by atoms with van der Waals surface area (Å²) in [6, 6.07) is 4.62.